The molecule has 4 heteroatoms. The molecule has 2 heterocycles. The van der Waals surface area contributed by atoms with Crippen LogP contribution in [0.3, 0.4) is 0 Å². The second-order valence-electron chi connectivity index (χ2n) is 5.44. The van der Waals surface area contributed by atoms with Crippen molar-refractivity contribution in [1.29, 1.82) is 0 Å². The summed E-state index contributed by atoms with van der Waals surface area (Å²) in [6.07, 6.45) is 1.68. The van der Waals surface area contributed by atoms with E-state index in [1.54, 1.807) is 23.6 Å². The molecule has 112 valence electrons. The van der Waals surface area contributed by atoms with E-state index in [0.717, 1.165) is 10.9 Å². The predicted molar refractivity (Wildman–Crippen MR) is 91.4 cm³/mol. The molecule has 0 saturated heterocycles. The van der Waals surface area contributed by atoms with Crippen LogP contribution in [0.15, 0.2) is 42.6 Å². The van der Waals surface area contributed by atoms with Gasteiger partial charge in [-0.15, -0.1) is 11.3 Å². The lowest BCUT2D eigenvalue weighted by atomic mass is 10.1. The fourth-order valence-electron chi connectivity index (χ4n) is 2.73. The number of benzene rings is 1. The number of aromatic nitrogens is 1. The van der Waals surface area contributed by atoms with Crippen molar-refractivity contribution >= 4 is 28.1 Å². The van der Waals surface area contributed by atoms with Crippen LogP contribution in [-0.2, 0) is 0 Å². The molecule has 0 aliphatic rings. The van der Waals surface area contributed by atoms with Crippen LogP contribution in [0.2, 0.25) is 0 Å². The van der Waals surface area contributed by atoms with E-state index in [-0.39, 0.29) is 11.9 Å². The van der Waals surface area contributed by atoms with Crippen molar-refractivity contribution in [3.63, 3.8) is 0 Å². The molecule has 3 aromatic rings. The molecule has 3 rings (SSSR count). The number of fused-ring (bicyclic) bond motifs is 1. The number of amides is 1. The van der Waals surface area contributed by atoms with E-state index in [0.29, 0.717) is 5.56 Å². The van der Waals surface area contributed by atoms with E-state index < -0.39 is 0 Å². The summed E-state index contributed by atoms with van der Waals surface area (Å²) < 4.78 is 0. The standard InChI is InChI=1S/C18H18N2OS/c1-11-10-16(13(3)22-11)12(2)20-18(21)15-8-9-19-17-7-5-4-6-14(15)17/h4-10,12H,1-3H3,(H,20,21)/t12-/m1/s1. The van der Waals surface area contributed by atoms with Crippen LogP contribution in [0.25, 0.3) is 10.9 Å². The molecule has 22 heavy (non-hydrogen) atoms. The van der Waals surface area contributed by atoms with Crippen LogP contribution in [0.5, 0.6) is 0 Å². The van der Waals surface area contributed by atoms with Crippen molar-refractivity contribution in [2.75, 3.05) is 0 Å². The van der Waals surface area contributed by atoms with Crippen molar-refractivity contribution in [3.05, 3.63) is 63.5 Å². The van der Waals surface area contributed by atoms with Gasteiger partial charge in [-0.3, -0.25) is 9.78 Å². The molecule has 0 aliphatic heterocycles. The summed E-state index contributed by atoms with van der Waals surface area (Å²) in [4.78, 5) is 19.4. The molecule has 1 aromatic carbocycles. The number of hydrogen-bond donors (Lipinski definition) is 1. The molecule has 0 saturated carbocycles. The monoisotopic (exact) mass is 310 g/mol. The molecule has 2 aromatic heterocycles. The average Bonchev–Trinajstić information content (AvgIpc) is 2.85. The Balaban J connectivity index is 1.89. The number of carbonyl (C=O) groups excluding carboxylic acids is 1. The zero-order valence-electron chi connectivity index (χ0n) is 12.9. The Labute approximate surface area is 134 Å². The first kappa shape index (κ1) is 14.7. The topological polar surface area (TPSA) is 42.0 Å². The van der Waals surface area contributed by atoms with Gasteiger partial charge in [0, 0.05) is 21.3 Å². The summed E-state index contributed by atoms with van der Waals surface area (Å²) in [5.74, 6) is -0.0608. The van der Waals surface area contributed by atoms with Gasteiger partial charge in [-0.1, -0.05) is 18.2 Å². The molecular weight excluding hydrogens is 292 g/mol. The molecule has 0 aliphatic carbocycles. The predicted octanol–water partition coefficient (Wildman–Crippen LogP) is 4.40. The molecule has 0 fully saturated rings. The zero-order chi connectivity index (χ0) is 15.7. The van der Waals surface area contributed by atoms with Crippen molar-refractivity contribution in [1.82, 2.24) is 10.3 Å². The Morgan fingerprint density at radius 3 is 2.73 bits per heavy atom. The van der Waals surface area contributed by atoms with Gasteiger partial charge in [-0.25, -0.2) is 0 Å². The SMILES string of the molecule is Cc1cc([C@@H](C)NC(=O)c2ccnc3ccccc23)c(C)s1. The number of rotatable bonds is 3. The lowest BCUT2D eigenvalue weighted by Gasteiger charge is -2.15. The van der Waals surface area contributed by atoms with E-state index in [1.165, 1.54) is 15.3 Å². The second-order valence-corrected chi connectivity index (χ2v) is 6.90. The first-order valence-electron chi connectivity index (χ1n) is 7.28. The van der Waals surface area contributed by atoms with Crippen LogP contribution in [0, 0.1) is 13.8 Å². The van der Waals surface area contributed by atoms with Crippen molar-refractivity contribution in [2.45, 2.75) is 26.8 Å². The van der Waals surface area contributed by atoms with Gasteiger partial charge in [-0.05, 0) is 44.5 Å². The normalized spacial score (nSPS) is 12.3. The van der Waals surface area contributed by atoms with Gasteiger partial charge in [0.2, 0.25) is 0 Å². The Bertz CT molecular complexity index is 833. The summed E-state index contributed by atoms with van der Waals surface area (Å²) in [6, 6.07) is 11.6. The van der Waals surface area contributed by atoms with E-state index in [4.69, 9.17) is 0 Å². The molecule has 1 atom stereocenters. The van der Waals surface area contributed by atoms with Crippen LogP contribution in [0.4, 0.5) is 0 Å². The number of para-hydroxylation sites is 1. The maximum Gasteiger partial charge on any atom is 0.252 e. The number of aryl methyl sites for hydroxylation is 2. The molecule has 3 nitrogen and oxygen atoms in total. The van der Waals surface area contributed by atoms with Gasteiger partial charge in [-0.2, -0.15) is 0 Å². The highest BCUT2D eigenvalue weighted by molar-refractivity contribution is 7.12. The van der Waals surface area contributed by atoms with Crippen LogP contribution >= 0.6 is 11.3 Å². The summed E-state index contributed by atoms with van der Waals surface area (Å²) in [7, 11) is 0. The number of thiophene rings is 1. The zero-order valence-corrected chi connectivity index (χ0v) is 13.7. The van der Waals surface area contributed by atoms with Crippen molar-refractivity contribution in [3.8, 4) is 0 Å². The largest absolute Gasteiger partial charge is 0.345 e. The number of nitrogens with one attached hydrogen (secondary N) is 1. The third kappa shape index (κ3) is 2.74. The highest BCUT2D eigenvalue weighted by Crippen LogP contribution is 2.26. The molecule has 0 radical (unpaired) electrons. The fraction of sp³-hybridized carbons (Fsp3) is 0.222. The smallest absolute Gasteiger partial charge is 0.252 e. The third-order valence-corrected chi connectivity index (χ3v) is 4.77. The summed E-state index contributed by atoms with van der Waals surface area (Å²) >= 11 is 1.76. The van der Waals surface area contributed by atoms with Gasteiger partial charge in [0.05, 0.1) is 17.1 Å². The van der Waals surface area contributed by atoms with Crippen molar-refractivity contribution < 1.29 is 4.79 Å². The molecule has 1 N–H and O–H groups in total. The van der Waals surface area contributed by atoms with E-state index in [9.17, 15) is 4.79 Å². The Morgan fingerprint density at radius 1 is 1.23 bits per heavy atom. The maximum absolute atomic E-state index is 12.6. The van der Waals surface area contributed by atoms with Crippen LogP contribution in [0.1, 0.15) is 38.6 Å². The molecule has 0 spiro atoms. The number of carbonyl (C=O) groups is 1. The highest BCUT2D eigenvalue weighted by Gasteiger charge is 2.16. The van der Waals surface area contributed by atoms with Gasteiger partial charge in [0.25, 0.3) is 5.91 Å². The minimum atomic E-state index is -0.0608. The van der Waals surface area contributed by atoms with Gasteiger partial charge in [0.1, 0.15) is 0 Å². The first-order chi connectivity index (χ1) is 10.6. The van der Waals surface area contributed by atoms with Gasteiger partial charge in [0.15, 0.2) is 0 Å². The molecular formula is C18H18N2OS. The fourth-order valence-corrected chi connectivity index (χ4v) is 3.75. The minimum Gasteiger partial charge on any atom is -0.345 e. The average molecular weight is 310 g/mol. The van der Waals surface area contributed by atoms with Crippen LogP contribution < -0.4 is 5.32 Å². The Kier molecular flexibility index (Phi) is 3.94. The van der Waals surface area contributed by atoms with Gasteiger partial charge >= 0.3 is 0 Å². The van der Waals surface area contributed by atoms with E-state index in [2.05, 4.69) is 30.2 Å². The quantitative estimate of drug-likeness (QED) is 0.779. The Morgan fingerprint density at radius 2 is 2.00 bits per heavy atom. The third-order valence-electron chi connectivity index (χ3n) is 3.79. The number of hydrogen-bond acceptors (Lipinski definition) is 3. The van der Waals surface area contributed by atoms with Crippen LogP contribution in [-0.4, -0.2) is 10.9 Å². The number of nitrogens with zero attached hydrogens (tertiary/aromatic N) is 1. The molecule has 0 unspecified atom stereocenters. The summed E-state index contributed by atoms with van der Waals surface area (Å²) in [6.45, 7) is 6.21. The molecule has 0 bridgehead atoms. The van der Waals surface area contributed by atoms with E-state index >= 15 is 0 Å². The summed E-state index contributed by atoms with van der Waals surface area (Å²) in [5.41, 5.74) is 2.70. The minimum absolute atomic E-state index is 0.00984. The second kappa shape index (κ2) is 5.89. The maximum atomic E-state index is 12.6. The van der Waals surface area contributed by atoms with Crippen molar-refractivity contribution in [2.24, 2.45) is 0 Å². The van der Waals surface area contributed by atoms with E-state index in [1.807, 2.05) is 31.2 Å². The number of pyridine rings is 1. The lowest BCUT2D eigenvalue weighted by Crippen LogP contribution is -2.27. The highest BCUT2D eigenvalue weighted by atomic mass is 32.1. The Hall–Kier alpha value is -2.20. The lowest BCUT2D eigenvalue weighted by molar-refractivity contribution is 0.0941. The first-order valence-corrected chi connectivity index (χ1v) is 8.09. The summed E-state index contributed by atoms with van der Waals surface area (Å²) in [5, 5.41) is 3.98. The molecule has 1 amide bonds. The van der Waals surface area contributed by atoms with Gasteiger partial charge < -0.3 is 5.32 Å².